The Morgan fingerprint density at radius 2 is 1.96 bits per heavy atom. The first-order valence-electron chi connectivity index (χ1n) is 8.78. The summed E-state index contributed by atoms with van der Waals surface area (Å²) in [6, 6.07) is 8.06. The lowest BCUT2D eigenvalue weighted by atomic mass is 10.2. The zero-order valence-corrected chi connectivity index (χ0v) is 16.0. The van der Waals surface area contributed by atoms with Crippen LogP contribution < -0.4 is 21.5 Å². The maximum Gasteiger partial charge on any atom is 0.261 e. The number of H-pyrrole nitrogens is 1. The van der Waals surface area contributed by atoms with E-state index < -0.39 is 9.84 Å². The molecule has 146 valence electrons. The van der Waals surface area contributed by atoms with Crippen molar-refractivity contribution >= 4 is 38.2 Å². The Morgan fingerprint density at radius 3 is 2.61 bits per heavy atom. The molecule has 0 amide bonds. The van der Waals surface area contributed by atoms with Gasteiger partial charge in [-0.3, -0.25) is 4.79 Å². The highest BCUT2D eigenvalue weighted by Crippen LogP contribution is 2.26. The molecular formula is C18H20N6O3S. The third kappa shape index (κ3) is 3.56. The molecule has 4 N–H and O–H groups in total. The van der Waals surface area contributed by atoms with Crippen molar-refractivity contribution in [3.8, 4) is 0 Å². The summed E-state index contributed by atoms with van der Waals surface area (Å²) in [6.07, 6.45) is 3.55. The van der Waals surface area contributed by atoms with Gasteiger partial charge in [-0.25, -0.2) is 13.4 Å². The Hall–Kier alpha value is -2.98. The van der Waals surface area contributed by atoms with Crippen molar-refractivity contribution in [3.63, 3.8) is 0 Å². The Morgan fingerprint density at radius 1 is 1.21 bits per heavy atom. The van der Waals surface area contributed by atoms with Gasteiger partial charge in [-0.2, -0.15) is 4.98 Å². The number of fused-ring (bicyclic) bond motifs is 1. The van der Waals surface area contributed by atoms with Crippen LogP contribution in [0.5, 0.6) is 0 Å². The maximum atomic E-state index is 12.4. The molecule has 1 fully saturated rings. The number of rotatable bonds is 4. The number of nitrogens with zero attached hydrogens (tertiary/aromatic N) is 3. The third-order valence-corrected chi connectivity index (χ3v) is 5.79. The van der Waals surface area contributed by atoms with Crippen molar-refractivity contribution in [2.24, 2.45) is 5.73 Å². The number of hydrogen-bond donors (Lipinski definition) is 3. The summed E-state index contributed by atoms with van der Waals surface area (Å²) in [5, 5.41) is 3.45. The smallest absolute Gasteiger partial charge is 0.261 e. The number of hydrogen-bond acceptors (Lipinski definition) is 8. The molecule has 1 aromatic carbocycles. The first-order valence-corrected chi connectivity index (χ1v) is 10.7. The van der Waals surface area contributed by atoms with Crippen LogP contribution in [0.3, 0.4) is 0 Å². The number of aromatic amines is 1. The van der Waals surface area contributed by atoms with Gasteiger partial charge in [0.25, 0.3) is 5.56 Å². The molecule has 0 unspecified atom stereocenters. The van der Waals surface area contributed by atoms with Crippen LogP contribution in [0.1, 0.15) is 6.42 Å². The number of anilines is 3. The molecule has 10 heteroatoms. The molecule has 3 aromatic rings. The normalized spacial score (nSPS) is 17.2. The Bertz CT molecular complexity index is 1190. The SMILES string of the molecule is CS(=O)(=O)c1ccc(Nc2nc(N3CC[C@H](N)C3)nc3cc[nH]c(=O)c23)cc1. The number of nitrogens with one attached hydrogen (secondary N) is 2. The Labute approximate surface area is 161 Å². The summed E-state index contributed by atoms with van der Waals surface area (Å²) in [4.78, 5) is 26.3. The van der Waals surface area contributed by atoms with Gasteiger partial charge in [0.15, 0.2) is 9.84 Å². The van der Waals surface area contributed by atoms with Crippen LogP contribution in [0.25, 0.3) is 10.9 Å². The summed E-state index contributed by atoms with van der Waals surface area (Å²) in [5.41, 5.74) is 6.81. The van der Waals surface area contributed by atoms with Gasteiger partial charge in [0.2, 0.25) is 5.95 Å². The van der Waals surface area contributed by atoms with Gasteiger partial charge in [0.05, 0.1) is 10.4 Å². The van der Waals surface area contributed by atoms with Crippen molar-refractivity contribution in [2.45, 2.75) is 17.4 Å². The monoisotopic (exact) mass is 400 g/mol. The van der Waals surface area contributed by atoms with Crippen molar-refractivity contribution < 1.29 is 8.42 Å². The maximum absolute atomic E-state index is 12.4. The molecular weight excluding hydrogens is 380 g/mol. The predicted octanol–water partition coefficient (Wildman–Crippen LogP) is 1.00. The van der Waals surface area contributed by atoms with Gasteiger partial charge in [-0.15, -0.1) is 0 Å². The van der Waals surface area contributed by atoms with Crippen LogP contribution in [-0.4, -0.2) is 48.8 Å². The number of aromatic nitrogens is 3. The second-order valence-corrected chi connectivity index (χ2v) is 8.87. The first-order chi connectivity index (χ1) is 13.3. The quantitative estimate of drug-likeness (QED) is 0.590. The molecule has 0 spiro atoms. The van der Waals surface area contributed by atoms with Crippen molar-refractivity contribution in [1.82, 2.24) is 15.0 Å². The molecule has 1 aliphatic rings. The molecule has 1 saturated heterocycles. The number of benzene rings is 1. The minimum Gasteiger partial charge on any atom is -0.339 e. The summed E-state index contributed by atoms with van der Waals surface area (Å²) in [7, 11) is -3.28. The van der Waals surface area contributed by atoms with Gasteiger partial charge in [0.1, 0.15) is 11.2 Å². The zero-order valence-electron chi connectivity index (χ0n) is 15.2. The van der Waals surface area contributed by atoms with Crippen LogP contribution in [0, 0.1) is 0 Å². The highest BCUT2D eigenvalue weighted by atomic mass is 32.2. The molecule has 2 aromatic heterocycles. The Kier molecular flexibility index (Phi) is 4.52. The average Bonchev–Trinajstić information content (AvgIpc) is 3.08. The molecule has 1 aliphatic heterocycles. The van der Waals surface area contributed by atoms with E-state index in [1.54, 1.807) is 24.4 Å². The standard InChI is InChI=1S/C18H20N6O3S/c1-28(26,27)13-4-2-12(3-5-13)21-16-15-14(6-8-20-17(15)25)22-18(23-16)24-9-7-11(19)10-24/h2-6,8,11H,7,9-10,19H2,1H3,(H,20,25)(H,21,22,23)/t11-/m0/s1. The summed E-state index contributed by atoms with van der Waals surface area (Å²) < 4.78 is 23.3. The van der Waals surface area contributed by atoms with E-state index in [0.29, 0.717) is 34.9 Å². The number of nitrogens with two attached hydrogens (primary N) is 1. The molecule has 28 heavy (non-hydrogen) atoms. The lowest BCUT2D eigenvalue weighted by Crippen LogP contribution is -2.28. The second-order valence-electron chi connectivity index (χ2n) is 6.86. The fourth-order valence-electron chi connectivity index (χ4n) is 3.20. The fraction of sp³-hybridized carbons (Fsp3) is 0.278. The molecule has 0 bridgehead atoms. The highest BCUT2D eigenvalue weighted by molar-refractivity contribution is 7.90. The molecule has 9 nitrogen and oxygen atoms in total. The molecule has 0 aliphatic carbocycles. The van der Waals surface area contributed by atoms with Crippen LogP contribution in [0.2, 0.25) is 0 Å². The molecule has 3 heterocycles. The van der Waals surface area contributed by atoms with Gasteiger partial charge < -0.3 is 20.9 Å². The third-order valence-electron chi connectivity index (χ3n) is 4.66. The molecule has 0 radical (unpaired) electrons. The van der Waals surface area contributed by atoms with E-state index in [0.717, 1.165) is 19.2 Å². The van der Waals surface area contributed by atoms with Crippen LogP contribution >= 0.6 is 0 Å². The topological polar surface area (TPSA) is 134 Å². The van der Waals surface area contributed by atoms with E-state index in [4.69, 9.17) is 5.73 Å². The lowest BCUT2D eigenvalue weighted by molar-refractivity contribution is 0.602. The minimum atomic E-state index is -3.28. The van der Waals surface area contributed by atoms with Crippen LogP contribution in [-0.2, 0) is 9.84 Å². The van der Waals surface area contributed by atoms with Gasteiger partial charge in [0, 0.05) is 37.3 Å². The number of pyridine rings is 1. The summed E-state index contributed by atoms with van der Waals surface area (Å²) in [5.74, 6) is 0.857. The van der Waals surface area contributed by atoms with E-state index in [9.17, 15) is 13.2 Å². The highest BCUT2D eigenvalue weighted by Gasteiger charge is 2.23. The summed E-state index contributed by atoms with van der Waals surface area (Å²) in [6.45, 7) is 1.40. The van der Waals surface area contributed by atoms with Gasteiger partial charge in [-0.05, 0) is 36.8 Å². The molecule has 0 saturated carbocycles. The zero-order chi connectivity index (χ0) is 19.9. The van der Waals surface area contributed by atoms with Gasteiger partial charge >= 0.3 is 0 Å². The van der Waals surface area contributed by atoms with Gasteiger partial charge in [-0.1, -0.05) is 0 Å². The first kappa shape index (κ1) is 18.4. The minimum absolute atomic E-state index is 0.0680. The molecule has 1 atom stereocenters. The lowest BCUT2D eigenvalue weighted by Gasteiger charge is -2.18. The average molecular weight is 400 g/mol. The van der Waals surface area contributed by atoms with Crippen LogP contribution in [0.4, 0.5) is 17.5 Å². The number of sulfone groups is 1. The van der Waals surface area contributed by atoms with Crippen LogP contribution in [0.15, 0.2) is 46.2 Å². The summed E-state index contributed by atoms with van der Waals surface area (Å²) >= 11 is 0. The second kappa shape index (κ2) is 6.88. The van der Waals surface area contributed by atoms with E-state index in [2.05, 4.69) is 20.3 Å². The van der Waals surface area contributed by atoms with Crippen molar-refractivity contribution in [2.75, 3.05) is 29.6 Å². The van der Waals surface area contributed by atoms with E-state index in [-0.39, 0.29) is 16.5 Å². The van der Waals surface area contributed by atoms with Crippen molar-refractivity contribution in [1.29, 1.82) is 0 Å². The fourth-order valence-corrected chi connectivity index (χ4v) is 3.83. The molecule has 4 rings (SSSR count). The van der Waals surface area contributed by atoms with Crippen molar-refractivity contribution in [3.05, 3.63) is 46.9 Å². The van der Waals surface area contributed by atoms with E-state index >= 15 is 0 Å². The predicted molar refractivity (Wildman–Crippen MR) is 108 cm³/mol. The largest absolute Gasteiger partial charge is 0.339 e. The van der Waals surface area contributed by atoms with E-state index in [1.807, 2.05) is 4.90 Å². The Balaban J connectivity index is 1.77. The van der Waals surface area contributed by atoms with E-state index in [1.165, 1.54) is 12.1 Å².